The van der Waals surface area contributed by atoms with E-state index in [1.165, 1.54) is 0 Å². The molecule has 1 heterocycles. The van der Waals surface area contributed by atoms with Gasteiger partial charge < -0.3 is 15.0 Å². The Bertz CT molecular complexity index is 1200. The van der Waals surface area contributed by atoms with Crippen LogP contribution in [-0.4, -0.2) is 24.0 Å². The minimum atomic E-state index is -0.328. The molecule has 0 bridgehead atoms. The number of amides is 1. The van der Waals surface area contributed by atoms with Gasteiger partial charge in [0.15, 0.2) is 0 Å². The van der Waals surface area contributed by atoms with Gasteiger partial charge in [0.1, 0.15) is 0 Å². The summed E-state index contributed by atoms with van der Waals surface area (Å²) in [5.41, 5.74) is 5.48. The predicted molar refractivity (Wildman–Crippen MR) is 137 cm³/mol. The normalized spacial score (nSPS) is 16.3. The van der Waals surface area contributed by atoms with Crippen molar-refractivity contribution in [2.75, 3.05) is 10.2 Å². The molecule has 0 unspecified atom stereocenters. The van der Waals surface area contributed by atoms with Gasteiger partial charge in [-0.05, 0) is 92.4 Å². The van der Waals surface area contributed by atoms with E-state index in [0.717, 1.165) is 34.5 Å². The molecule has 0 radical (unpaired) electrons. The van der Waals surface area contributed by atoms with E-state index in [0.29, 0.717) is 10.6 Å². The van der Waals surface area contributed by atoms with Crippen molar-refractivity contribution >= 4 is 34.9 Å². The number of ether oxygens (including phenoxy) is 1. The number of benzene rings is 3. The summed E-state index contributed by atoms with van der Waals surface area (Å²) in [7, 11) is 0. The monoisotopic (exact) mass is 952 g/mol. The fourth-order valence-corrected chi connectivity index (χ4v) is 4.61. The number of anilines is 2. The Morgan fingerprint density at radius 3 is 2.17 bits per heavy atom. The van der Waals surface area contributed by atoms with Gasteiger partial charge in [-0.15, -0.1) is 0 Å². The van der Waals surface area contributed by atoms with E-state index in [2.05, 4.69) is 18.3 Å². The number of nitrogens with one attached hydrogen (secondary N) is 1. The summed E-state index contributed by atoms with van der Waals surface area (Å²) in [6.07, 6.45) is 0.614. The van der Waals surface area contributed by atoms with Gasteiger partial charge in [0.25, 0.3) is 0 Å². The van der Waals surface area contributed by atoms with Gasteiger partial charge in [-0.3, -0.25) is 4.79 Å². The summed E-state index contributed by atoms with van der Waals surface area (Å²) in [4.78, 5) is 26.5. The summed E-state index contributed by atoms with van der Waals surface area (Å²) in [6, 6.07) is 21.3. The standard InChI is InChI=1S/C28H29ClN2O3.2U/c1-17(2)34-28(33)21-7-5-20(6-8-21)22-9-14-27-25(16-22)26(15-18(3)31(27)19(4)32)30-24-12-10-23(29)11-13-24;;/h5-14,16-18,26,30H,15H2,1-4H3;;/t18-,26+;;/m1../s1. The number of hydrogen-bond acceptors (Lipinski definition) is 4. The van der Waals surface area contributed by atoms with Crippen LogP contribution in [0.4, 0.5) is 11.4 Å². The fraction of sp³-hybridized carbons (Fsp3) is 0.286. The Labute approximate surface area is 265 Å². The van der Waals surface area contributed by atoms with Gasteiger partial charge in [0.2, 0.25) is 5.91 Å². The van der Waals surface area contributed by atoms with Crippen LogP contribution in [0, 0.1) is 62.2 Å². The molecule has 3 aromatic rings. The smallest absolute Gasteiger partial charge is 0.338 e. The Kier molecular flexibility index (Phi) is 11.7. The van der Waals surface area contributed by atoms with Crippen molar-refractivity contribution in [3.8, 4) is 11.1 Å². The second-order valence-electron chi connectivity index (χ2n) is 8.98. The maximum atomic E-state index is 12.5. The molecule has 0 saturated heterocycles. The minimum Gasteiger partial charge on any atom is -0.459 e. The molecule has 1 amide bonds. The van der Waals surface area contributed by atoms with Gasteiger partial charge in [-0.1, -0.05) is 29.8 Å². The Balaban J connectivity index is 0.00000228. The average Bonchev–Trinajstić information content (AvgIpc) is 2.79. The van der Waals surface area contributed by atoms with Crippen molar-refractivity contribution in [3.63, 3.8) is 0 Å². The second kappa shape index (κ2) is 13.5. The van der Waals surface area contributed by atoms with Crippen LogP contribution in [0.1, 0.15) is 56.1 Å². The van der Waals surface area contributed by atoms with E-state index in [1.54, 1.807) is 19.1 Å². The average molecular weight is 953 g/mol. The topological polar surface area (TPSA) is 58.6 Å². The number of rotatable bonds is 5. The maximum Gasteiger partial charge on any atom is 0.338 e. The molecule has 1 aliphatic rings. The van der Waals surface area contributed by atoms with Crippen molar-refractivity contribution in [1.82, 2.24) is 0 Å². The van der Waals surface area contributed by atoms with Gasteiger partial charge in [0.05, 0.1) is 17.7 Å². The van der Waals surface area contributed by atoms with E-state index in [9.17, 15) is 9.59 Å². The van der Waals surface area contributed by atoms with Crippen molar-refractivity contribution in [1.29, 1.82) is 0 Å². The molecule has 0 aromatic heterocycles. The maximum absolute atomic E-state index is 12.5. The first-order chi connectivity index (χ1) is 16.2. The van der Waals surface area contributed by atoms with E-state index in [-0.39, 0.29) is 92.3 Å². The van der Waals surface area contributed by atoms with Crippen molar-refractivity contribution in [3.05, 3.63) is 82.9 Å². The molecule has 0 saturated carbocycles. The first kappa shape index (κ1) is 31.0. The Hall–Kier alpha value is -1.21. The molecule has 3 aromatic carbocycles. The van der Waals surface area contributed by atoms with E-state index in [4.69, 9.17) is 16.3 Å². The van der Waals surface area contributed by atoms with E-state index in [1.807, 2.05) is 67.3 Å². The van der Waals surface area contributed by atoms with E-state index < -0.39 is 0 Å². The molecular formula is C28H29ClN2O3U2. The SMILES string of the molecule is CC(=O)N1c2ccc(-c3ccc(C(=O)OC(C)C)cc3)cc2[C@@H](Nc2ccc(Cl)cc2)C[C@H]1C.[U].[U]. The number of esters is 1. The Morgan fingerprint density at radius 2 is 1.58 bits per heavy atom. The summed E-state index contributed by atoms with van der Waals surface area (Å²) in [5, 5.41) is 4.31. The molecule has 8 heteroatoms. The Morgan fingerprint density at radius 1 is 0.972 bits per heavy atom. The summed E-state index contributed by atoms with van der Waals surface area (Å²) in [5.74, 6) is -0.301. The number of carbonyl (C=O) groups excluding carboxylic acids is 2. The molecular weight excluding hydrogens is 924 g/mol. The first-order valence-corrected chi connectivity index (χ1v) is 11.9. The number of fused-ring (bicyclic) bond motifs is 1. The van der Waals surface area contributed by atoms with Gasteiger partial charge in [-0.25, -0.2) is 4.79 Å². The summed E-state index contributed by atoms with van der Waals surface area (Å²) in [6.45, 7) is 7.35. The van der Waals surface area contributed by atoms with Crippen molar-refractivity contribution in [2.24, 2.45) is 0 Å². The van der Waals surface area contributed by atoms with Crippen LogP contribution < -0.4 is 10.2 Å². The predicted octanol–water partition coefficient (Wildman–Crippen LogP) is 6.87. The van der Waals surface area contributed by atoms with Crippen LogP contribution in [-0.2, 0) is 9.53 Å². The van der Waals surface area contributed by atoms with Crippen LogP contribution in [0.5, 0.6) is 0 Å². The van der Waals surface area contributed by atoms with Crippen LogP contribution in [0.2, 0.25) is 5.02 Å². The third-order valence-corrected chi connectivity index (χ3v) is 6.25. The largest absolute Gasteiger partial charge is 0.459 e. The zero-order valence-corrected chi connectivity index (χ0v) is 29.9. The molecule has 36 heavy (non-hydrogen) atoms. The molecule has 0 spiro atoms. The molecule has 5 nitrogen and oxygen atoms in total. The molecule has 2 atom stereocenters. The molecule has 184 valence electrons. The van der Waals surface area contributed by atoms with Gasteiger partial charge in [-0.2, -0.15) is 0 Å². The number of carbonyl (C=O) groups is 2. The quantitative estimate of drug-likeness (QED) is 0.284. The second-order valence-corrected chi connectivity index (χ2v) is 9.42. The summed E-state index contributed by atoms with van der Waals surface area (Å²) >= 11 is 6.06. The van der Waals surface area contributed by atoms with E-state index >= 15 is 0 Å². The summed E-state index contributed by atoms with van der Waals surface area (Å²) < 4.78 is 5.29. The number of halogens is 1. The third-order valence-electron chi connectivity index (χ3n) is 6.00. The third kappa shape index (κ3) is 7.21. The number of hydrogen-bond donors (Lipinski definition) is 1. The fourth-order valence-electron chi connectivity index (χ4n) is 4.49. The molecule has 0 fully saturated rings. The van der Waals surface area contributed by atoms with Crippen LogP contribution in [0.3, 0.4) is 0 Å². The minimum absolute atomic E-state index is 0. The van der Waals surface area contributed by atoms with Crippen molar-refractivity contribution in [2.45, 2.75) is 52.3 Å². The molecule has 4 rings (SSSR count). The molecule has 0 aliphatic carbocycles. The zero-order valence-electron chi connectivity index (χ0n) is 20.8. The van der Waals surface area contributed by atoms with Crippen LogP contribution in [0.15, 0.2) is 66.7 Å². The van der Waals surface area contributed by atoms with Gasteiger partial charge in [0, 0.05) is 91.6 Å². The van der Waals surface area contributed by atoms with Crippen molar-refractivity contribution < 1.29 is 76.6 Å². The first-order valence-electron chi connectivity index (χ1n) is 11.5. The molecule has 1 N–H and O–H groups in total. The van der Waals surface area contributed by atoms with Crippen LogP contribution in [0.25, 0.3) is 11.1 Å². The van der Waals surface area contributed by atoms with Crippen LogP contribution >= 0.6 is 11.6 Å². The zero-order chi connectivity index (χ0) is 24.4. The van der Waals surface area contributed by atoms with Gasteiger partial charge >= 0.3 is 5.97 Å². The number of nitrogens with zero attached hydrogens (tertiary/aromatic N) is 1. The molecule has 1 aliphatic heterocycles.